The maximum absolute atomic E-state index is 12.5. The number of rotatable bonds is 5. The molecule has 1 aromatic carbocycles. The Bertz CT molecular complexity index is 530. The van der Waals surface area contributed by atoms with Crippen LogP contribution in [0, 0.1) is 0 Å². The van der Waals surface area contributed by atoms with Crippen LogP contribution < -0.4 is 0 Å². The van der Waals surface area contributed by atoms with Crippen LogP contribution in [0.1, 0.15) is 37.0 Å². The molecule has 0 fully saturated rings. The fraction of sp³-hybridized carbons (Fsp3) is 0.400. The molecule has 0 spiro atoms. The van der Waals surface area contributed by atoms with Gasteiger partial charge in [0.15, 0.2) is 0 Å². The second-order valence-corrected chi connectivity index (χ2v) is 4.48. The topological polar surface area (TPSA) is 36.1 Å². The van der Waals surface area contributed by atoms with E-state index >= 15 is 0 Å². The summed E-state index contributed by atoms with van der Waals surface area (Å²) < 4.78 is 0. The highest BCUT2D eigenvalue weighted by Gasteiger charge is 2.16. The molecule has 0 aliphatic heterocycles. The zero-order valence-electron chi connectivity index (χ0n) is 11.1. The maximum Gasteiger partial charge on any atom is 0.254 e. The summed E-state index contributed by atoms with van der Waals surface area (Å²) in [5.41, 5.74) is 1.82. The van der Waals surface area contributed by atoms with E-state index in [0.717, 1.165) is 42.4 Å². The average molecular weight is 244 g/mol. The van der Waals surface area contributed by atoms with E-state index in [0.29, 0.717) is 0 Å². The minimum absolute atomic E-state index is 0.135. The van der Waals surface area contributed by atoms with Gasteiger partial charge in [-0.05, 0) is 31.5 Å². The lowest BCUT2D eigenvalue weighted by Gasteiger charge is -2.21. The first kappa shape index (κ1) is 12.7. The van der Waals surface area contributed by atoms with E-state index in [9.17, 15) is 4.79 Å². The van der Waals surface area contributed by atoms with Crippen LogP contribution >= 0.6 is 0 Å². The molecule has 1 N–H and O–H groups in total. The number of benzene rings is 1. The van der Waals surface area contributed by atoms with Crippen molar-refractivity contribution in [2.75, 3.05) is 13.1 Å². The third kappa shape index (κ3) is 2.40. The largest absolute Gasteiger partial charge is 0.361 e. The molecule has 0 bridgehead atoms. The van der Waals surface area contributed by atoms with Gasteiger partial charge < -0.3 is 9.88 Å². The fourth-order valence-electron chi connectivity index (χ4n) is 2.19. The van der Waals surface area contributed by atoms with Crippen molar-refractivity contribution in [3.8, 4) is 0 Å². The molecule has 3 nitrogen and oxygen atoms in total. The molecule has 1 amide bonds. The monoisotopic (exact) mass is 244 g/mol. The lowest BCUT2D eigenvalue weighted by atomic mass is 10.1. The fourth-order valence-corrected chi connectivity index (χ4v) is 2.19. The SMILES string of the molecule is CCCCN(CC)C(=O)c1cccc2[nH]ccc12. The summed E-state index contributed by atoms with van der Waals surface area (Å²) in [5.74, 6) is 0.135. The maximum atomic E-state index is 12.5. The van der Waals surface area contributed by atoms with Crippen LogP contribution in [0.15, 0.2) is 30.5 Å². The van der Waals surface area contributed by atoms with Gasteiger partial charge in [-0.15, -0.1) is 0 Å². The molecule has 0 radical (unpaired) electrons. The third-order valence-corrected chi connectivity index (χ3v) is 3.28. The smallest absolute Gasteiger partial charge is 0.254 e. The van der Waals surface area contributed by atoms with E-state index in [2.05, 4.69) is 11.9 Å². The lowest BCUT2D eigenvalue weighted by Crippen LogP contribution is -2.31. The van der Waals surface area contributed by atoms with Crippen molar-refractivity contribution in [2.45, 2.75) is 26.7 Å². The molecule has 0 unspecified atom stereocenters. The molecule has 3 heteroatoms. The van der Waals surface area contributed by atoms with E-state index in [-0.39, 0.29) is 5.91 Å². The van der Waals surface area contributed by atoms with Crippen molar-refractivity contribution in [3.63, 3.8) is 0 Å². The molecular weight excluding hydrogens is 224 g/mol. The first-order chi connectivity index (χ1) is 8.77. The Hall–Kier alpha value is -1.77. The molecule has 18 heavy (non-hydrogen) atoms. The van der Waals surface area contributed by atoms with Gasteiger partial charge in [0.25, 0.3) is 5.91 Å². The van der Waals surface area contributed by atoms with E-state index in [1.807, 2.05) is 42.3 Å². The highest BCUT2D eigenvalue weighted by Crippen LogP contribution is 2.19. The number of amides is 1. The first-order valence-electron chi connectivity index (χ1n) is 6.63. The van der Waals surface area contributed by atoms with Crippen LogP contribution in [0.2, 0.25) is 0 Å². The molecule has 0 aliphatic rings. The number of hydrogen-bond acceptors (Lipinski definition) is 1. The highest BCUT2D eigenvalue weighted by atomic mass is 16.2. The number of carbonyl (C=O) groups is 1. The van der Waals surface area contributed by atoms with E-state index in [1.54, 1.807) is 0 Å². The Balaban J connectivity index is 2.29. The number of hydrogen-bond donors (Lipinski definition) is 1. The molecule has 96 valence electrons. The van der Waals surface area contributed by atoms with Crippen molar-refractivity contribution in [1.29, 1.82) is 0 Å². The van der Waals surface area contributed by atoms with Gasteiger partial charge in [-0.1, -0.05) is 19.4 Å². The highest BCUT2D eigenvalue weighted by molar-refractivity contribution is 6.06. The van der Waals surface area contributed by atoms with Gasteiger partial charge in [-0.25, -0.2) is 0 Å². The van der Waals surface area contributed by atoms with Crippen molar-refractivity contribution in [1.82, 2.24) is 9.88 Å². The molecule has 1 aromatic heterocycles. The Morgan fingerprint density at radius 3 is 2.83 bits per heavy atom. The van der Waals surface area contributed by atoms with Crippen molar-refractivity contribution >= 4 is 16.8 Å². The molecule has 2 aromatic rings. The van der Waals surface area contributed by atoms with Crippen LogP contribution in [0.25, 0.3) is 10.9 Å². The summed E-state index contributed by atoms with van der Waals surface area (Å²) in [4.78, 5) is 17.6. The molecular formula is C15H20N2O. The standard InChI is InChI=1S/C15H20N2O/c1-3-5-11-17(4-2)15(18)13-7-6-8-14-12(13)9-10-16-14/h6-10,16H,3-5,11H2,1-2H3. The quantitative estimate of drug-likeness (QED) is 0.859. The van der Waals surface area contributed by atoms with Crippen molar-refractivity contribution in [3.05, 3.63) is 36.0 Å². The summed E-state index contributed by atoms with van der Waals surface area (Å²) in [6, 6.07) is 7.80. The van der Waals surface area contributed by atoms with E-state index in [1.165, 1.54) is 0 Å². The number of H-pyrrole nitrogens is 1. The first-order valence-corrected chi connectivity index (χ1v) is 6.63. The Kier molecular flexibility index (Phi) is 4.03. The average Bonchev–Trinajstić information content (AvgIpc) is 2.87. The van der Waals surface area contributed by atoms with Crippen molar-refractivity contribution in [2.24, 2.45) is 0 Å². The second-order valence-electron chi connectivity index (χ2n) is 4.48. The van der Waals surface area contributed by atoms with Gasteiger partial charge in [-0.2, -0.15) is 0 Å². The predicted molar refractivity (Wildman–Crippen MR) is 74.8 cm³/mol. The van der Waals surface area contributed by atoms with Gasteiger partial charge in [0.2, 0.25) is 0 Å². The third-order valence-electron chi connectivity index (χ3n) is 3.28. The summed E-state index contributed by atoms with van der Waals surface area (Å²) in [6.07, 6.45) is 4.05. The number of unbranched alkanes of at least 4 members (excludes halogenated alkanes) is 1. The second kappa shape index (κ2) is 5.71. The van der Waals surface area contributed by atoms with Crippen LogP contribution in [0.3, 0.4) is 0 Å². The summed E-state index contributed by atoms with van der Waals surface area (Å²) in [5, 5.41) is 1.01. The summed E-state index contributed by atoms with van der Waals surface area (Å²) in [7, 11) is 0. The molecule has 0 saturated carbocycles. The summed E-state index contributed by atoms with van der Waals surface area (Å²) >= 11 is 0. The number of carbonyl (C=O) groups excluding carboxylic acids is 1. The summed E-state index contributed by atoms with van der Waals surface area (Å²) in [6.45, 7) is 5.78. The minimum Gasteiger partial charge on any atom is -0.361 e. The molecule has 0 atom stereocenters. The Labute approximate surface area is 108 Å². The van der Waals surface area contributed by atoms with Gasteiger partial charge in [0.05, 0.1) is 0 Å². The van der Waals surface area contributed by atoms with E-state index < -0.39 is 0 Å². The van der Waals surface area contributed by atoms with Gasteiger partial charge in [-0.3, -0.25) is 4.79 Å². The van der Waals surface area contributed by atoms with Gasteiger partial charge in [0.1, 0.15) is 0 Å². The van der Waals surface area contributed by atoms with E-state index in [4.69, 9.17) is 0 Å². The number of fused-ring (bicyclic) bond motifs is 1. The number of nitrogens with zero attached hydrogens (tertiary/aromatic N) is 1. The Morgan fingerprint density at radius 1 is 1.28 bits per heavy atom. The van der Waals surface area contributed by atoms with Gasteiger partial charge >= 0.3 is 0 Å². The predicted octanol–water partition coefficient (Wildman–Crippen LogP) is 3.43. The lowest BCUT2D eigenvalue weighted by molar-refractivity contribution is 0.0764. The Morgan fingerprint density at radius 2 is 2.11 bits per heavy atom. The van der Waals surface area contributed by atoms with Crippen LogP contribution in [0.4, 0.5) is 0 Å². The van der Waals surface area contributed by atoms with Crippen molar-refractivity contribution < 1.29 is 4.79 Å². The van der Waals surface area contributed by atoms with Gasteiger partial charge in [0, 0.05) is 35.8 Å². The normalized spacial score (nSPS) is 10.8. The number of aromatic nitrogens is 1. The van der Waals surface area contributed by atoms with Crippen LogP contribution in [0.5, 0.6) is 0 Å². The number of nitrogens with one attached hydrogen (secondary N) is 1. The molecule has 2 rings (SSSR count). The van der Waals surface area contributed by atoms with Crippen LogP contribution in [-0.2, 0) is 0 Å². The van der Waals surface area contributed by atoms with Crippen LogP contribution in [-0.4, -0.2) is 28.9 Å². The molecule has 0 saturated heterocycles. The molecule has 0 aliphatic carbocycles. The number of aromatic amines is 1. The zero-order valence-corrected chi connectivity index (χ0v) is 11.1. The minimum atomic E-state index is 0.135. The zero-order chi connectivity index (χ0) is 13.0. The molecule has 1 heterocycles.